The zero-order valence-electron chi connectivity index (χ0n) is 10.6. The molecule has 0 aromatic rings. The van der Waals surface area contributed by atoms with Gasteiger partial charge in [-0.2, -0.15) is 0 Å². The van der Waals surface area contributed by atoms with Crippen LogP contribution in [0.3, 0.4) is 0 Å². The second kappa shape index (κ2) is 5.19. The van der Waals surface area contributed by atoms with Crippen molar-refractivity contribution >= 4 is 5.97 Å². The van der Waals surface area contributed by atoms with Gasteiger partial charge in [0.25, 0.3) is 0 Å². The lowest BCUT2D eigenvalue weighted by Crippen LogP contribution is -2.36. The van der Waals surface area contributed by atoms with E-state index in [1.807, 2.05) is 6.92 Å². The summed E-state index contributed by atoms with van der Waals surface area (Å²) in [6.07, 6.45) is 3.38. The van der Waals surface area contributed by atoms with Crippen LogP contribution in [0.5, 0.6) is 0 Å². The van der Waals surface area contributed by atoms with Crippen LogP contribution in [0, 0.1) is 5.92 Å². The van der Waals surface area contributed by atoms with Gasteiger partial charge >= 0.3 is 5.97 Å². The summed E-state index contributed by atoms with van der Waals surface area (Å²) in [5, 5.41) is 9.90. The Labute approximate surface area is 102 Å². The average Bonchev–Trinajstić information content (AvgIpc) is 2.89. The van der Waals surface area contributed by atoms with Crippen LogP contribution in [-0.4, -0.2) is 47.8 Å². The van der Waals surface area contributed by atoms with Gasteiger partial charge in [-0.15, -0.1) is 0 Å². The van der Waals surface area contributed by atoms with Crippen LogP contribution >= 0.6 is 0 Å². The van der Waals surface area contributed by atoms with Gasteiger partial charge in [0.15, 0.2) is 0 Å². The van der Waals surface area contributed by atoms with Gasteiger partial charge in [-0.25, -0.2) is 4.79 Å². The van der Waals surface area contributed by atoms with E-state index in [1.54, 1.807) is 13.0 Å². The monoisotopic (exact) mass is 239 g/mol. The van der Waals surface area contributed by atoms with Gasteiger partial charge in [0.2, 0.25) is 0 Å². The fraction of sp³-hybridized carbons (Fsp3) is 0.769. The van der Waals surface area contributed by atoms with Crippen LogP contribution < -0.4 is 0 Å². The Morgan fingerprint density at radius 1 is 1.47 bits per heavy atom. The molecule has 0 unspecified atom stereocenters. The Kier molecular flexibility index (Phi) is 3.84. The van der Waals surface area contributed by atoms with Crippen LogP contribution in [0.4, 0.5) is 0 Å². The van der Waals surface area contributed by atoms with Crippen molar-refractivity contribution in [2.75, 3.05) is 19.7 Å². The van der Waals surface area contributed by atoms with Crippen LogP contribution in [0.2, 0.25) is 0 Å². The highest BCUT2D eigenvalue weighted by molar-refractivity contribution is 5.87. The molecule has 17 heavy (non-hydrogen) atoms. The van der Waals surface area contributed by atoms with E-state index in [9.17, 15) is 9.90 Å². The summed E-state index contributed by atoms with van der Waals surface area (Å²) in [5.41, 5.74) is 0.645. The fourth-order valence-electron chi connectivity index (χ4n) is 2.83. The lowest BCUT2D eigenvalue weighted by atomic mass is 9.97. The lowest BCUT2D eigenvalue weighted by molar-refractivity contribution is -0.140. The molecule has 96 valence electrons. The van der Waals surface area contributed by atoms with Crippen LogP contribution in [0.1, 0.15) is 26.7 Å². The molecule has 2 heterocycles. The minimum absolute atomic E-state index is 0.203. The Bertz CT molecular complexity index is 327. The Morgan fingerprint density at radius 2 is 2.18 bits per heavy atom. The third-order valence-corrected chi connectivity index (χ3v) is 3.98. The van der Waals surface area contributed by atoms with Gasteiger partial charge in [0.05, 0.1) is 12.7 Å². The summed E-state index contributed by atoms with van der Waals surface area (Å²) < 4.78 is 5.29. The van der Waals surface area contributed by atoms with Crippen molar-refractivity contribution in [3.8, 4) is 0 Å². The quantitative estimate of drug-likeness (QED) is 0.588. The van der Waals surface area contributed by atoms with Crippen molar-refractivity contribution in [1.29, 1.82) is 0 Å². The number of nitrogens with zero attached hydrogens (tertiary/aromatic N) is 1. The van der Waals surface area contributed by atoms with E-state index in [0.29, 0.717) is 18.1 Å². The van der Waals surface area contributed by atoms with Gasteiger partial charge in [-0.1, -0.05) is 6.08 Å². The van der Waals surface area contributed by atoms with Gasteiger partial charge in [-0.05, 0) is 33.2 Å². The molecular formula is C13H21NO3. The van der Waals surface area contributed by atoms with Crippen molar-refractivity contribution in [3.63, 3.8) is 0 Å². The summed E-state index contributed by atoms with van der Waals surface area (Å²) in [6.45, 7) is 6.02. The molecule has 2 aliphatic heterocycles. The summed E-state index contributed by atoms with van der Waals surface area (Å²) >= 11 is 0. The molecule has 0 amide bonds. The number of ether oxygens (including phenoxy) is 1. The van der Waals surface area contributed by atoms with Gasteiger partial charge in [0.1, 0.15) is 0 Å². The summed E-state index contributed by atoms with van der Waals surface area (Å²) in [4.78, 5) is 13.8. The van der Waals surface area contributed by atoms with Gasteiger partial charge in [0, 0.05) is 24.1 Å². The molecule has 0 radical (unpaired) electrons. The van der Waals surface area contributed by atoms with E-state index in [1.165, 1.54) is 0 Å². The maximum absolute atomic E-state index is 11.5. The van der Waals surface area contributed by atoms with Gasteiger partial charge < -0.3 is 9.84 Å². The van der Waals surface area contributed by atoms with Gasteiger partial charge in [-0.3, -0.25) is 4.90 Å². The number of aliphatic hydroxyl groups is 1. The standard InChI is InChI=1S/C13H21NO3/c1-3-9(2)13(16)17-8-10-4-6-14-7-5-11(15)12(10)14/h3,10-12,15H,4-8H2,1-2H3/b9-3+/t10-,11-,12-/m1/s1. The smallest absolute Gasteiger partial charge is 0.333 e. The molecule has 1 N–H and O–H groups in total. The number of esters is 1. The normalized spacial score (nSPS) is 33.8. The lowest BCUT2D eigenvalue weighted by Gasteiger charge is -2.22. The highest BCUT2D eigenvalue weighted by Crippen LogP contribution is 2.33. The van der Waals surface area contributed by atoms with E-state index in [-0.39, 0.29) is 18.1 Å². The molecular weight excluding hydrogens is 218 g/mol. The fourth-order valence-corrected chi connectivity index (χ4v) is 2.83. The second-order valence-corrected chi connectivity index (χ2v) is 5.00. The molecule has 0 aromatic heterocycles. The van der Waals surface area contributed by atoms with E-state index in [4.69, 9.17) is 4.74 Å². The van der Waals surface area contributed by atoms with E-state index in [0.717, 1.165) is 25.9 Å². The zero-order valence-corrected chi connectivity index (χ0v) is 10.6. The third kappa shape index (κ3) is 2.53. The molecule has 2 saturated heterocycles. The number of carbonyl (C=O) groups excluding carboxylic acids is 1. The largest absolute Gasteiger partial charge is 0.462 e. The Morgan fingerprint density at radius 3 is 2.88 bits per heavy atom. The van der Waals surface area contributed by atoms with Crippen molar-refractivity contribution in [2.45, 2.75) is 38.8 Å². The van der Waals surface area contributed by atoms with E-state index < -0.39 is 0 Å². The highest BCUT2D eigenvalue weighted by atomic mass is 16.5. The first-order chi connectivity index (χ1) is 8.13. The van der Waals surface area contributed by atoms with Crippen molar-refractivity contribution in [1.82, 2.24) is 4.90 Å². The molecule has 4 heteroatoms. The van der Waals surface area contributed by atoms with Crippen LogP contribution in [0.15, 0.2) is 11.6 Å². The van der Waals surface area contributed by atoms with E-state index in [2.05, 4.69) is 4.90 Å². The first-order valence-corrected chi connectivity index (χ1v) is 6.35. The molecule has 0 saturated carbocycles. The minimum Gasteiger partial charge on any atom is -0.462 e. The molecule has 2 rings (SSSR count). The van der Waals surface area contributed by atoms with Crippen molar-refractivity contribution in [2.24, 2.45) is 5.92 Å². The molecule has 3 atom stereocenters. The Hall–Kier alpha value is -0.870. The second-order valence-electron chi connectivity index (χ2n) is 5.00. The van der Waals surface area contributed by atoms with E-state index >= 15 is 0 Å². The summed E-state index contributed by atoms with van der Waals surface area (Å²) in [7, 11) is 0. The first kappa shape index (κ1) is 12.6. The Balaban J connectivity index is 1.86. The first-order valence-electron chi connectivity index (χ1n) is 6.35. The number of allylic oxidation sites excluding steroid dienone is 1. The number of rotatable bonds is 3. The number of carbonyl (C=O) groups is 1. The van der Waals surface area contributed by atoms with Crippen molar-refractivity contribution in [3.05, 3.63) is 11.6 Å². The van der Waals surface area contributed by atoms with Crippen LogP contribution in [0.25, 0.3) is 0 Å². The average molecular weight is 239 g/mol. The SMILES string of the molecule is C/C=C(\C)C(=O)OC[C@H]1CCN2CC[C@@H](O)[C@@H]12. The topological polar surface area (TPSA) is 49.8 Å². The highest BCUT2D eigenvalue weighted by Gasteiger charge is 2.43. The molecule has 0 bridgehead atoms. The predicted molar refractivity (Wildman–Crippen MR) is 64.5 cm³/mol. The molecule has 4 nitrogen and oxygen atoms in total. The molecule has 0 aliphatic carbocycles. The number of hydrogen-bond donors (Lipinski definition) is 1. The van der Waals surface area contributed by atoms with Crippen molar-refractivity contribution < 1.29 is 14.6 Å². The molecule has 2 fully saturated rings. The number of fused-ring (bicyclic) bond motifs is 1. The summed E-state index contributed by atoms with van der Waals surface area (Å²) in [6, 6.07) is 0.203. The molecule has 0 spiro atoms. The van der Waals surface area contributed by atoms with Crippen LogP contribution in [-0.2, 0) is 9.53 Å². The number of hydrogen-bond acceptors (Lipinski definition) is 4. The number of aliphatic hydroxyl groups excluding tert-OH is 1. The third-order valence-electron chi connectivity index (χ3n) is 3.98. The molecule has 0 aromatic carbocycles. The summed E-state index contributed by atoms with van der Waals surface area (Å²) in [5.74, 6) is 0.0551. The zero-order chi connectivity index (χ0) is 12.4. The minimum atomic E-state index is -0.246. The maximum Gasteiger partial charge on any atom is 0.333 e. The molecule has 2 aliphatic rings. The predicted octanol–water partition coefficient (Wildman–Crippen LogP) is 0.951. The maximum atomic E-state index is 11.5.